The zero-order valence-corrected chi connectivity index (χ0v) is 18.5. The number of aromatic nitrogens is 2. The third-order valence-corrected chi connectivity index (χ3v) is 7.87. The number of thiophene rings is 1. The molecule has 0 spiro atoms. The van der Waals surface area contributed by atoms with E-state index in [4.69, 9.17) is 4.98 Å². The van der Waals surface area contributed by atoms with Crippen molar-refractivity contribution in [3.05, 3.63) is 20.8 Å². The quantitative estimate of drug-likeness (QED) is 0.548. The molecule has 0 aliphatic heterocycles. The Hall–Kier alpha value is -1.34. The molecule has 1 fully saturated rings. The lowest BCUT2D eigenvalue weighted by Crippen LogP contribution is -2.44. The minimum atomic E-state index is -0.260. The van der Waals surface area contributed by atoms with Crippen LogP contribution in [0.2, 0.25) is 0 Å². The second-order valence-electron chi connectivity index (χ2n) is 7.40. The van der Waals surface area contributed by atoms with Crippen molar-refractivity contribution >= 4 is 39.2 Å². The van der Waals surface area contributed by atoms with Crippen LogP contribution in [0.25, 0.3) is 10.2 Å². The molecule has 1 amide bonds. The first-order valence-corrected chi connectivity index (χ1v) is 11.5. The lowest BCUT2D eigenvalue weighted by Gasteiger charge is -2.35. The van der Waals surface area contributed by atoms with E-state index in [9.17, 15) is 9.59 Å². The molecule has 0 radical (unpaired) electrons. The first kappa shape index (κ1) is 20.4. The molecule has 5 nitrogen and oxygen atoms in total. The fourth-order valence-corrected chi connectivity index (χ4v) is 5.91. The van der Waals surface area contributed by atoms with Crippen LogP contribution >= 0.6 is 23.1 Å². The van der Waals surface area contributed by atoms with Gasteiger partial charge in [0.25, 0.3) is 5.56 Å². The van der Waals surface area contributed by atoms with Gasteiger partial charge in [0.05, 0.1) is 10.6 Å². The van der Waals surface area contributed by atoms with Crippen LogP contribution in [0.3, 0.4) is 0 Å². The molecular weight excluding hydrogens is 378 g/mol. The Morgan fingerprint density at radius 1 is 1.33 bits per heavy atom. The fourth-order valence-electron chi connectivity index (χ4n) is 3.89. The highest BCUT2D eigenvalue weighted by Crippen LogP contribution is 2.30. The van der Waals surface area contributed by atoms with Gasteiger partial charge >= 0.3 is 0 Å². The minimum absolute atomic E-state index is 0.0244. The van der Waals surface area contributed by atoms with Crippen molar-refractivity contribution in [1.29, 1.82) is 0 Å². The SMILES string of the molecule is CCN(C(=O)C(C)Sc1nc2sc(C)c(C)c2c(=O)n1C)C1CCCCC1. The van der Waals surface area contributed by atoms with E-state index in [0.717, 1.165) is 34.7 Å². The van der Waals surface area contributed by atoms with Crippen LogP contribution in [0, 0.1) is 13.8 Å². The highest BCUT2D eigenvalue weighted by Gasteiger charge is 2.29. The summed E-state index contributed by atoms with van der Waals surface area (Å²) in [6.45, 7) is 8.72. The summed E-state index contributed by atoms with van der Waals surface area (Å²) >= 11 is 2.95. The average molecular weight is 408 g/mol. The summed E-state index contributed by atoms with van der Waals surface area (Å²) in [6, 6.07) is 0.362. The van der Waals surface area contributed by atoms with Gasteiger partial charge in [0.2, 0.25) is 5.91 Å². The third-order valence-electron chi connectivity index (χ3n) is 5.64. The van der Waals surface area contributed by atoms with Crippen molar-refractivity contribution in [2.24, 2.45) is 7.05 Å². The van der Waals surface area contributed by atoms with E-state index in [0.29, 0.717) is 16.6 Å². The summed E-state index contributed by atoms with van der Waals surface area (Å²) in [5.41, 5.74) is 0.988. The van der Waals surface area contributed by atoms with Gasteiger partial charge < -0.3 is 4.90 Å². The second-order valence-corrected chi connectivity index (χ2v) is 9.91. The molecule has 2 aromatic heterocycles. The van der Waals surface area contributed by atoms with E-state index >= 15 is 0 Å². The standard InChI is InChI=1S/C20H29N3O2S2/c1-6-23(15-10-8-7-9-11-15)18(24)14(4)27-20-21-17-16(19(25)22(20)5)12(2)13(3)26-17/h14-15H,6-11H2,1-5H3. The molecular formula is C20H29N3O2S2. The highest BCUT2D eigenvalue weighted by atomic mass is 32.2. The molecule has 0 saturated heterocycles. The fraction of sp³-hybridized carbons (Fsp3) is 0.650. The monoisotopic (exact) mass is 407 g/mol. The zero-order valence-electron chi connectivity index (χ0n) is 16.9. The highest BCUT2D eigenvalue weighted by molar-refractivity contribution is 8.00. The Bertz CT molecular complexity index is 897. The number of aryl methyl sites for hydroxylation is 2. The van der Waals surface area contributed by atoms with Gasteiger partial charge in [-0.15, -0.1) is 11.3 Å². The van der Waals surface area contributed by atoms with E-state index in [1.54, 1.807) is 23.0 Å². The first-order chi connectivity index (χ1) is 12.8. The van der Waals surface area contributed by atoms with Crippen molar-refractivity contribution in [3.8, 4) is 0 Å². The Kier molecular flexibility index (Phi) is 6.31. The normalized spacial score (nSPS) is 16.6. The van der Waals surface area contributed by atoms with Crippen molar-refractivity contribution in [3.63, 3.8) is 0 Å². The molecule has 1 unspecified atom stereocenters. The molecule has 148 valence electrons. The Balaban J connectivity index is 1.84. The maximum absolute atomic E-state index is 13.1. The molecule has 0 N–H and O–H groups in total. The average Bonchev–Trinajstić information content (AvgIpc) is 2.94. The number of thioether (sulfide) groups is 1. The number of hydrogen-bond donors (Lipinski definition) is 0. The van der Waals surface area contributed by atoms with Crippen LogP contribution in [0.4, 0.5) is 0 Å². The molecule has 0 bridgehead atoms. The molecule has 27 heavy (non-hydrogen) atoms. The molecule has 1 saturated carbocycles. The largest absolute Gasteiger partial charge is 0.339 e. The maximum atomic E-state index is 13.1. The Labute approximate surface area is 169 Å². The van der Waals surface area contributed by atoms with Crippen LogP contribution in [-0.2, 0) is 11.8 Å². The van der Waals surface area contributed by atoms with Crippen LogP contribution in [0.15, 0.2) is 9.95 Å². The van der Waals surface area contributed by atoms with E-state index in [2.05, 4.69) is 6.92 Å². The van der Waals surface area contributed by atoms with Crippen LogP contribution in [0.5, 0.6) is 0 Å². The summed E-state index contributed by atoms with van der Waals surface area (Å²) in [5.74, 6) is 0.155. The van der Waals surface area contributed by atoms with Gasteiger partial charge in [0.15, 0.2) is 5.16 Å². The summed E-state index contributed by atoms with van der Waals surface area (Å²) in [7, 11) is 1.75. The molecule has 1 aliphatic rings. The van der Waals surface area contributed by atoms with Gasteiger partial charge in [-0.1, -0.05) is 31.0 Å². The third kappa shape index (κ3) is 3.94. The molecule has 2 aromatic rings. The van der Waals surface area contributed by atoms with Crippen molar-refractivity contribution < 1.29 is 4.79 Å². The van der Waals surface area contributed by atoms with Gasteiger partial charge in [-0.3, -0.25) is 14.2 Å². The van der Waals surface area contributed by atoms with E-state index in [1.807, 2.05) is 25.7 Å². The number of rotatable bonds is 5. The molecule has 1 atom stereocenters. The van der Waals surface area contributed by atoms with Gasteiger partial charge in [0, 0.05) is 24.5 Å². The predicted molar refractivity (Wildman–Crippen MR) is 114 cm³/mol. The summed E-state index contributed by atoms with van der Waals surface area (Å²) in [4.78, 5) is 34.5. The lowest BCUT2D eigenvalue weighted by molar-refractivity contribution is -0.133. The van der Waals surface area contributed by atoms with Crippen LogP contribution < -0.4 is 5.56 Å². The summed E-state index contributed by atoms with van der Waals surface area (Å²) in [6.07, 6.45) is 5.90. The minimum Gasteiger partial charge on any atom is -0.339 e. The summed E-state index contributed by atoms with van der Waals surface area (Å²) < 4.78 is 1.59. The van der Waals surface area contributed by atoms with Crippen molar-refractivity contribution in [2.45, 2.75) is 76.2 Å². The smallest absolute Gasteiger partial charge is 0.262 e. The van der Waals surface area contributed by atoms with E-state index in [-0.39, 0.29) is 16.7 Å². The van der Waals surface area contributed by atoms with Gasteiger partial charge in [-0.05, 0) is 46.1 Å². The summed E-state index contributed by atoms with van der Waals surface area (Å²) in [5, 5.41) is 1.07. The molecule has 1 aliphatic carbocycles. The first-order valence-electron chi connectivity index (χ1n) is 9.79. The number of fused-ring (bicyclic) bond motifs is 1. The Morgan fingerprint density at radius 3 is 2.63 bits per heavy atom. The number of carbonyl (C=O) groups is 1. The zero-order chi connectivity index (χ0) is 19.7. The maximum Gasteiger partial charge on any atom is 0.262 e. The number of nitrogens with zero attached hydrogens (tertiary/aromatic N) is 3. The second kappa shape index (κ2) is 8.35. The molecule has 0 aromatic carbocycles. The topological polar surface area (TPSA) is 55.2 Å². The van der Waals surface area contributed by atoms with Gasteiger partial charge in [0.1, 0.15) is 4.83 Å². The van der Waals surface area contributed by atoms with Crippen molar-refractivity contribution in [2.75, 3.05) is 6.54 Å². The predicted octanol–water partition coefficient (Wildman–Crippen LogP) is 4.27. The molecule has 7 heteroatoms. The van der Waals surface area contributed by atoms with Crippen LogP contribution in [0.1, 0.15) is 56.4 Å². The molecule has 2 heterocycles. The number of hydrogen-bond acceptors (Lipinski definition) is 5. The number of amides is 1. The lowest BCUT2D eigenvalue weighted by atomic mass is 9.94. The molecule has 3 rings (SSSR count). The van der Waals surface area contributed by atoms with Gasteiger partial charge in [-0.25, -0.2) is 4.98 Å². The van der Waals surface area contributed by atoms with Crippen molar-refractivity contribution in [1.82, 2.24) is 14.5 Å². The van der Waals surface area contributed by atoms with Gasteiger partial charge in [-0.2, -0.15) is 0 Å². The van der Waals surface area contributed by atoms with Crippen LogP contribution in [-0.4, -0.2) is 38.2 Å². The number of carbonyl (C=O) groups excluding carboxylic acids is 1. The Morgan fingerprint density at radius 2 is 2.00 bits per heavy atom. The van der Waals surface area contributed by atoms with E-state index in [1.165, 1.54) is 31.0 Å². The van der Waals surface area contributed by atoms with E-state index < -0.39 is 0 Å².